The molecular formula is C8H13NO. The minimum Gasteiger partial charge on any atom is -0.384 e. The van der Waals surface area contributed by atoms with Crippen LogP contribution in [-0.4, -0.2) is 13.7 Å². The van der Waals surface area contributed by atoms with E-state index in [4.69, 9.17) is 10.00 Å². The third kappa shape index (κ3) is 1.71. The molecular weight excluding hydrogens is 126 g/mol. The lowest BCUT2D eigenvalue weighted by atomic mass is 10.0. The Hall–Kier alpha value is -0.550. The van der Waals surface area contributed by atoms with Crippen LogP contribution in [0.3, 0.4) is 0 Å². The summed E-state index contributed by atoms with van der Waals surface area (Å²) in [7, 11) is 1.73. The third-order valence-electron chi connectivity index (χ3n) is 2.17. The molecule has 2 nitrogen and oxygen atoms in total. The highest BCUT2D eigenvalue weighted by molar-refractivity contribution is 4.94. The molecule has 0 aromatic carbocycles. The number of ether oxygens (including phenoxy) is 1. The molecule has 1 fully saturated rings. The Morgan fingerprint density at radius 3 is 2.70 bits per heavy atom. The second kappa shape index (κ2) is 3.03. The van der Waals surface area contributed by atoms with Crippen molar-refractivity contribution in [3.63, 3.8) is 0 Å². The van der Waals surface area contributed by atoms with Crippen LogP contribution < -0.4 is 0 Å². The average Bonchev–Trinajstić information content (AvgIpc) is 2.67. The van der Waals surface area contributed by atoms with Gasteiger partial charge in [0.05, 0.1) is 12.7 Å². The number of rotatable bonds is 4. The van der Waals surface area contributed by atoms with Gasteiger partial charge in [-0.05, 0) is 24.7 Å². The van der Waals surface area contributed by atoms with Crippen LogP contribution in [0.5, 0.6) is 0 Å². The maximum atomic E-state index is 8.33. The van der Waals surface area contributed by atoms with Crippen LogP contribution in [-0.2, 0) is 4.74 Å². The Morgan fingerprint density at radius 2 is 2.30 bits per heavy atom. The van der Waals surface area contributed by atoms with Crippen molar-refractivity contribution in [1.29, 1.82) is 5.26 Å². The smallest absolute Gasteiger partial charge is 0.0621 e. The van der Waals surface area contributed by atoms with E-state index in [1.54, 1.807) is 7.11 Å². The lowest BCUT2D eigenvalue weighted by Gasteiger charge is -2.09. The van der Waals surface area contributed by atoms with Crippen LogP contribution in [0, 0.1) is 16.7 Å². The first-order valence-corrected chi connectivity index (χ1v) is 3.69. The van der Waals surface area contributed by atoms with Crippen molar-refractivity contribution in [2.45, 2.75) is 25.7 Å². The summed E-state index contributed by atoms with van der Waals surface area (Å²) in [6.45, 7) is 0.842. The first-order valence-electron chi connectivity index (χ1n) is 3.69. The lowest BCUT2D eigenvalue weighted by Crippen LogP contribution is -2.07. The topological polar surface area (TPSA) is 33.0 Å². The lowest BCUT2D eigenvalue weighted by molar-refractivity contribution is 0.137. The molecule has 10 heavy (non-hydrogen) atoms. The number of hydrogen-bond donors (Lipinski definition) is 0. The zero-order valence-electron chi connectivity index (χ0n) is 6.39. The summed E-state index contributed by atoms with van der Waals surface area (Å²) in [5.74, 6) is 0. The van der Waals surface area contributed by atoms with Gasteiger partial charge in [0.2, 0.25) is 0 Å². The van der Waals surface area contributed by atoms with Crippen molar-refractivity contribution in [1.82, 2.24) is 0 Å². The van der Waals surface area contributed by atoms with E-state index < -0.39 is 0 Å². The van der Waals surface area contributed by atoms with E-state index in [9.17, 15) is 0 Å². The molecule has 0 amide bonds. The van der Waals surface area contributed by atoms with E-state index in [0.29, 0.717) is 11.8 Å². The molecule has 0 aliphatic heterocycles. The summed E-state index contributed by atoms with van der Waals surface area (Å²) in [4.78, 5) is 0. The van der Waals surface area contributed by atoms with E-state index in [1.165, 1.54) is 12.8 Å². The predicted molar refractivity (Wildman–Crippen MR) is 38.4 cm³/mol. The van der Waals surface area contributed by atoms with Gasteiger partial charge < -0.3 is 4.74 Å². The molecule has 2 heteroatoms. The summed E-state index contributed by atoms with van der Waals surface area (Å²) in [6, 6.07) is 2.17. The Labute approximate surface area is 61.8 Å². The number of methoxy groups -OCH3 is 1. The molecule has 1 saturated carbocycles. The second-order valence-corrected chi connectivity index (χ2v) is 3.09. The second-order valence-electron chi connectivity index (χ2n) is 3.09. The Balaban J connectivity index is 2.18. The number of hydrogen-bond acceptors (Lipinski definition) is 2. The fourth-order valence-corrected chi connectivity index (χ4v) is 1.27. The molecule has 0 bridgehead atoms. The first-order chi connectivity index (χ1) is 4.83. The van der Waals surface area contributed by atoms with Crippen molar-refractivity contribution < 1.29 is 4.74 Å². The molecule has 56 valence electrons. The summed E-state index contributed by atoms with van der Waals surface area (Å²) >= 11 is 0. The molecule has 0 N–H and O–H groups in total. The molecule has 0 saturated heterocycles. The van der Waals surface area contributed by atoms with Crippen molar-refractivity contribution in [3.05, 3.63) is 0 Å². The standard InChI is InChI=1S/C8H13NO/c1-10-7-8(4-5-8)3-2-6-9/h2-5,7H2,1H3. The predicted octanol–water partition coefficient (Wildman–Crippen LogP) is 1.72. The zero-order valence-corrected chi connectivity index (χ0v) is 6.39. The van der Waals surface area contributed by atoms with Gasteiger partial charge >= 0.3 is 0 Å². The highest BCUT2D eigenvalue weighted by Gasteiger charge is 2.41. The zero-order chi connectivity index (χ0) is 7.45. The van der Waals surface area contributed by atoms with Crippen molar-refractivity contribution in [2.75, 3.05) is 13.7 Å². The van der Waals surface area contributed by atoms with Gasteiger partial charge in [-0.3, -0.25) is 0 Å². The average molecular weight is 139 g/mol. The molecule has 0 unspecified atom stereocenters. The molecule has 1 rings (SSSR count). The highest BCUT2D eigenvalue weighted by Crippen LogP contribution is 2.49. The molecule has 0 aromatic heterocycles. The van der Waals surface area contributed by atoms with Gasteiger partial charge in [0, 0.05) is 13.5 Å². The van der Waals surface area contributed by atoms with Gasteiger partial charge in [-0.1, -0.05) is 0 Å². The summed E-state index contributed by atoms with van der Waals surface area (Å²) in [6.07, 6.45) is 4.21. The van der Waals surface area contributed by atoms with E-state index >= 15 is 0 Å². The Bertz CT molecular complexity index is 144. The van der Waals surface area contributed by atoms with Gasteiger partial charge in [0.25, 0.3) is 0 Å². The third-order valence-corrected chi connectivity index (χ3v) is 2.17. The van der Waals surface area contributed by atoms with E-state index in [1.807, 2.05) is 0 Å². The molecule has 0 heterocycles. The van der Waals surface area contributed by atoms with Crippen molar-refractivity contribution >= 4 is 0 Å². The SMILES string of the molecule is COCC1(CCC#N)CC1. The van der Waals surface area contributed by atoms with Crippen molar-refractivity contribution in [3.8, 4) is 6.07 Å². The molecule has 0 spiro atoms. The summed E-state index contributed by atoms with van der Waals surface area (Å²) < 4.78 is 5.06. The van der Waals surface area contributed by atoms with Gasteiger partial charge in [-0.15, -0.1) is 0 Å². The van der Waals surface area contributed by atoms with E-state index in [2.05, 4.69) is 6.07 Å². The van der Waals surface area contributed by atoms with Gasteiger partial charge in [-0.2, -0.15) is 5.26 Å². The van der Waals surface area contributed by atoms with Crippen LogP contribution in [0.25, 0.3) is 0 Å². The quantitative estimate of drug-likeness (QED) is 0.594. The maximum absolute atomic E-state index is 8.33. The Kier molecular flexibility index (Phi) is 2.29. The minimum atomic E-state index is 0.407. The number of nitriles is 1. The van der Waals surface area contributed by atoms with Crippen molar-refractivity contribution in [2.24, 2.45) is 5.41 Å². The first kappa shape index (κ1) is 7.56. The Morgan fingerprint density at radius 1 is 1.60 bits per heavy atom. The fourth-order valence-electron chi connectivity index (χ4n) is 1.27. The molecule has 1 aliphatic rings. The van der Waals surface area contributed by atoms with Crippen LogP contribution in [0.4, 0.5) is 0 Å². The van der Waals surface area contributed by atoms with Gasteiger partial charge in [0.1, 0.15) is 0 Å². The molecule has 0 aromatic rings. The maximum Gasteiger partial charge on any atom is 0.0621 e. The van der Waals surface area contributed by atoms with E-state index in [0.717, 1.165) is 13.0 Å². The normalized spacial score (nSPS) is 20.0. The molecule has 0 radical (unpaired) electrons. The van der Waals surface area contributed by atoms with Crippen LogP contribution in [0.1, 0.15) is 25.7 Å². The minimum absolute atomic E-state index is 0.407. The molecule has 1 aliphatic carbocycles. The van der Waals surface area contributed by atoms with Crippen LogP contribution >= 0.6 is 0 Å². The monoisotopic (exact) mass is 139 g/mol. The van der Waals surface area contributed by atoms with Crippen LogP contribution in [0.2, 0.25) is 0 Å². The fraction of sp³-hybridized carbons (Fsp3) is 0.875. The summed E-state index contributed by atoms with van der Waals surface area (Å²) in [5.41, 5.74) is 0.407. The van der Waals surface area contributed by atoms with Gasteiger partial charge in [-0.25, -0.2) is 0 Å². The largest absolute Gasteiger partial charge is 0.384 e. The van der Waals surface area contributed by atoms with E-state index in [-0.39, 0.29) is 0 Å². The number of nitrogens with zero attached hydrogens (tertiary/aromatic N) is 1. The van der Waals surface area contributed by atoms with Crippen LogP contribution in [0.15, 0.2) is 0 Å². The summed E-state index contributed by atoms with van der Waals surface area (Å²) in [5, 5.41) is 8.33. The molecule has 0 atom stereocenters. The van der Waals surface area contributed by atoms with Gasteiger partial charge in [0.15, 0.2) is 0 Å². The highest BCUT2D eigenvalue weighted by atomic mass is 16.5.